The van der Waals surface area contributed by atoms with E-state index >= 15 is 0 Å². The Hall–Kier alpha value is -0.810. The molecule has 2 rings (SSSR count). The number of piperidine rings is 1. The molecule has 0 spiro atoms. The summed E-state index contributed by atoms with van der Waals surface area (Å²) >= 11 is 1.53. The van der Waals surface area contributed by atoms with Gasteiger partial charge in [-0.25, -0.2) is 4.98 Å². The molecule has 15 heavy (non-hydrogen) atoms. The molecule has 1 aliphatic rings. The summed E-state index contributed by atoms with van der Waals surface area (Å²) in [5, 5.41) is 4.07. The van der Waals surface area contributed by atoms with Gasteiger partial charge in [0, 0.05) is 18.8 Å². The highest BCUT2D eigenvalue weighted by Crippen LogP contribution is 2.15. The quantitative estimate of drug-likeness (QED) is 0.621. The molecule has 0 bridgehead atoms. The van der Waals surface area contributed by atoms with Gasteiger partial charge >= 0.3 is 0 Å². The highest BCUT2D eigenvalue weighted by Gasteiger charge is 2.14. The molecule has 0 unspecified atom stereocenters. The monoisotopic (exact) mass is 225 g/mol. The van der Waals surface area contributed by atoms with Crippen LogP contribution in [0, 0.1) is 0 Å². The Labute approximate surface area is 93.8 Å². The van der Waals surface area contributed by atoms with Crippen molar-refractivity contribution in [2.24, 2.45) is 0 Å². The molecule has 82 valence electrons. The molecule has 1 atom stereocenters. The third kappa shape index (κ3) is 3.07. The molecule has 0 aromatic carbocycles. The lowest BCUT2D eigenvalue weighted by atomic mass is 10.1. The highest BCUT2D eigenvalue weighted by molar-refractivity contribution is 7.98. The standard InChI is InChI=1S/C10H15N3OS/c1-15-10-12-6-4-9(13-10)14-8-3-2-5-11-7-8/h4,6,8,11H,2-3,5,7H2,1H3/t8-/m0/s1. The first kappa shape index (κ1) is 10.7. The third-order valence-electron chi connectivity index (χ3n) is 2.33. The minimum atomic E-state index is 0.253. The zero-order chi connectivity index (χ0) is 10.5. The summed E-state index contributed by atoms with van der Waals surface area (Å²) in [5.74, 6) is 0.683. The van der Waals surface area contributed by atoms with Crippen molar-refractivity contribution in [3.63, 3.8) is 0 Å². The van der Waals surface area contributed by atoms with Crippen LogP contribution < -0.4 is 10.1 Å². The van der Waals surface area contributed by atoms with E-state index in [1.807, 2.05) is 12.3 Å². The molecule has 1 aliphatic heterocycles. The minimum absolute atomic E-state index is 0.253. The number of thioether (sulfide) groups is 1. The Kier molecular flexibility index (Phi) is 3.80. The molecule has 1 saturated heterocycles. The molecular weight excluding hydrogens is 210 g/mol. The molecule has 0 radical (unpaired) electrons. The van der Waals surface area contributed by atoms with Crippen molar-refractivity contribution in [3.05, 3.63) is 12.3 Å². The van der Waals surface area contributed by atoms with Gasteiger partial charge in [0.25, 0.3) is 0 Å². The van der Waals surface area contributed by atoms with Crippen molar-refractivity contribution >= 4 is 11.8 Å². The fraction of sp³-hybridized carbons (Fsp3) is 0.600. The van der Waals surface area contributed by atoms with Crippen molar-refractivity contribution in [1.82, 2.24) is 15.3 Å². The second kappa shape index (κ2) is 5.32. The topological polar surface area (TPSA) is 47.0 Å². The van der Waals surface area contributed by atoms with Gasteiger partial charge in [-0.3, -0.25) is 0 Å². The van der Waals surface area contributed by atoms with E-state index in [2.05, 4.69) is 15.3 Å². The van der Waals surface area contributed by atoms with Gasteiger partial charge in [-0.2, -0.15) is 4.98 Å². The van der Waals surface area contributed by atoms with Crippen LogP contribution in [-0.2, 0) is 0 Å². The molecule has 1 aromatic heterocycles. The maximum Gasteiger partial charge on any atom is 0.217 e. The van der Waals surface area contributed by atoms with Crippen LogP contribution in [-0.4, -0.2) is 35.4 Å². The molecule has 0 aliphatic carbocycles. The second-order valence-corrected chi connectivity index (χ2v) is 4.24. The SMILES string of the molecule is CSc1nccc(O[C@H]2CCCNC2)n1. The summed E-state index contributed by atoms with van der Waals surface area (Å²) in [7, 11) is 0. The molecule has 1 N–H and O–H groups in total. The largest absolute Gasteiger partial charge is 0.473 e. The minimum Gasteiger partial charge on any atom is -0.473 e. The van der Waals surface area contributed by atoms with Crippen LogP contribution in [0.5, 0.6) is 5.88 Å². The smallest absolute Gasteiger partial charge is 0.217 e. The normalized spacial score (nSPS) is 21.3. The third-order valence-corrected chi connectivity index (χ3v) is 2.89. The molecule has 2 heterocycles. The average Bonchev–Trinajstić information content (AvgIpc) is 2.31. The molecule has 0 saturated carbocycles. The molecule has 1 aromatic rings. The number of aromatic nitrogens is 2. The zero-order valence-corrected chi connectivity index (χ0v) is 9.59. The van der Waals surface area contributed by atoms with Gasteiger partial charge in [0.05, 0.1) is 0 Å². The van der Waals surface area contributed by atoms with Gasteiger partial charge in [-0.1, -0.05) is 11.8 Å². The van der Waals surface area contributed by atoms with Crippen molar-refractivity contribution in [3.8, 4) is 5.88 Å². The number of rotatable bonds is 3. The lowest BCUT2D eigenvalue weighted by molar-refractivity contribution is 0.159. The van der Waals surface area contributed by atoms with Crippen LogP contribution in [0.1, 0.15) is 12.8 Å². The first-order valence-corrected chi connectivity index (χ1v) is 6.35. The van der Waals surface area contributed by atoms with E-state index in [9.17, 15) is 0 Å². The van der Waals surface area contributed by atoms with E-state index in [0.717, 1.165) is 24.7 Å². The summed E-state index contributed by atoms with van der Waals surface area (Å²) in [4.78, 5) is 8.39. The van der Waals surface area contributed by atoms with E-state index in [0.29, 0.717) is 5.88 Å². The summed E-state index contributed by atoms with van der Waals surface area (Å²) in [5.41, 5.74) is 0. The predicted octanol–water partition coefficient (Wildman–Crippen LogP) is 1.33. The lowest BCUT2D eigenvalue weighted by Crippen LogP contribution is -2.37. The van der Waals surface area contributed by atoms with Crippen LogP contribution in [0.3, 0.4) is 0 Å². The number of hydrogen-bond donors (Lipinski definition) is 1. The van der Waals surface area contributed by atoms with Crippen LogP contribution >= 0.6 is 11.8 Å². The van der Waals surface area contributed by atoms with E-state index < -0.39 is 0 Å². The molecule has 1 fully saturated rings. The Morgan fingerprint density at radius 2 is 2.53 bits per heavy atom. The van der Waals surface area contributed by atoms with Crippen LogP contribution in [0.25, 0.3) is 0 Å². The second-order valence-electron chi connectivity index (χ2n) is 3.47. The first-order chi connectivity index (χ1) is 7.38. The van der Waals surface area contributed by atoms with Gasteiger partial charge in [0.1, 0.15) is 6.10 Å². The Morgan fingerprint density at radius 1 is 1.60 bits per heavy atom. The number of hydrogen-bond acceptors (Lipinski definition) is 5. The molecule has 0 amide bonds. The molecule has 4 nitrogen and oxygen atoms in total. The van der Waals surface area contributed by atoms with E-state index in [1.54, 1.807) is 6.20 Å². The summed E-state index contributed by atoms with van der Waals surface area (Å²) in [6.45, 7) is 2.01. The summed E-state index contributed by atoms with van der Waals surface area (Å²) in [6, 6.07) is 1.81. The number of nitrogens with zero attached hydrogens (tertiary/aromatic N) is 2. The fourth-order valence-corrected chi connectivity index (χ4v) is 1.93. The van der Waals surface area contributed by atoms with Gasteiger partial charge in [-0.15, -0.1) is 0 Å². The van der Waals surface area contributed by atoms with Crippen molar-refractivity contribution in [2.45, 2.75) is 24.1 Å². The lowest BCUT2D eigenvalue weighted by Gasteiger charge is -2.23. The summed E-state index contributed by atoms with van der Waals surface area (Å²) < 4.78 is 5.77. The van der Waals surface area contributed by atoms with Crippen molar-refractivity contribution < 1.29 is 4.74 Å². The average molecular weight is 225 g/mol. The predicted molar refractivity (Wildman–Crippen MR) is 60.3 cm³/mol. The van der Waals surface area contributed by atoms with E-state index in [-0.39, 0.29) is 6.10 Å². The van der Waals surface area contributed by atoms with Crippen molar-refractivity contribution in [2.75, 3.05) is 19.3 Å². The van der Waals surface area contributed by atoms with Crippen LogP contribution in [0.15, 0.2) is 17.4 Å². The number of ether oxygens (including phenoxy) is 1. The van der Waals surface area contributed by atoms with E-state index in [4.69, 9.17) is 4.74 Å². The fourth-order valence-electron chi connectivity index (χ4n) is 1.58. The highest BCUT2D eigenvalue weighted by atomic mass is 32.2. The van der Waals surface area contributed by atoms with Crippen LogP contribution in [0.4, 0.5) is 0 Å². The Bertz CT molecular complexity index is 315. The van der Waals surface area contributed by atoms with Gasteiger partial charge in [0.2, 0.25) is 5.88 Å². The summed E-state index contributed by atoms with van der Waals surface area (Å²) in [6.07, 6.45) is 6.23. The van der Waals surface area contributed by atoms with Crippen molar-refractivity contribution in [1.29, 1.82) is 0 Å². The van der Waals surface area contributed by atoms with Crippen LogP contribution in [0.2, 0.25) is 0 Å². The maximum absolute atomic E-state index is 5.77. The molecular formula is C10H15N3OS. The van der Waals surface area contributed by atoms with Gasteiger partial charge < -0.3 is 10.1 Å². The number of nitrogens with one attached hydrogen (secondary N) is 1. The first-order valence-electron chi connectivity index (χ1n) is 5.13. The van der Waals surface area contributed by atoms with Gasteiger partial charge in [-0.05, 0) is 25.6 Å². The van der Waals surface area contributed by atoms with E-state index in [1.165, 1.54) is 18.2 Å². The molecule has 5 heteroatoms. The Morgan fingerprint density at radius 3 is 3.27 bits per heavy atom. The van der Waals surface area contributed by atoms with Gasteiger partial charge in [0.15, 0.2) is 5.16 Å². The zero-order valence-electron chi connectivity index (χ0n) is 8.77. The Balaban J connectivity index is 1.96. The maximum atomic E-state index is 5.77.